The molecule has 2 aliphatic rings. The summed E-state index contributed by atoms with van der Waals surface area (Å²) in [5, 5.41) is 3.50. The van der Waals surface area contributed by atoms with Gasteiger partial charge in [0.15, 0.2) is 0 Å². The minimum Gasteiger partial charge on any atom is -0.382 e. The fraction of sp³-hybridized carbons (Fsp3) is 1.00. The van der Waals surface area contributed by atoms with E-state index in [1.165, 1.54) is 12.8 Å². The van der Waals surface area contributed by atoms with Crippen molar-refractivity contribution in [3.8, 4) is 0 Å². The molecule has 1 atom stereocenters. The van der Waals surface area contributed by atoms with Crippen LogP contribution in [0.1, 0.15) is 12.8 Å². The Balaban J connectivity index is 1.47. The average Bonchev–Trinajstić information content (AvgIpc) is 3.27. The van der Waals surface area contributed by atoms with Gasteiger partial charge in [-0.1, -0.05) is 0 Å². The first kappa shape index (κ1) is 15.2. The van der Waals surface area contributed by atoms with Crippen LogP contribution in [0.2, 0.25) is 0 Å². The number of piperazine rings is 1. The topological polar surface area (TPSA) is 43.0 Å². The molecule has 1 saturated heterocycles. The maximum absolute atomic E-state index is 5.64. The number of hydrogen-bond donors (Lipinski definition) is 1. The molecule has 0 amide bonds. The van der Waals surface area contributed by atoms with Gasteiger partial charge in [0.2, 0.25) is 0 Å². The largest absolute Gasteiger partial charge is 0.382 e. The third-order valence-electron chi connectivity index (χ3n) is 3.89. The number of rotatable bonds is 10. The van der Waals surface area contributed by atoms with E-state index in [0.717, 1.165) is 44.7 Å². The van der Waals surface area contributed by atoms with Crippen molar-refractivity contribution in [1.29, 1.82) is 0 Å². The molecule has 112 valence electrons. The molecule has 1 N–H and O–H groups in total. The van der Waals surface area contributed by atoms with E-state index in [4.69, 9.17) is 14.2 Å². The normalized spacial score (nSPS) is 24.8. The van der Waals surface area contributed by atoms with Crippen LogP contribution in [0.15, 0.2) is 0 Å². The van der Waals surface area contributed by atoms with Gasteiger partial charge in [-0.25, -0.2) is 0 Å². The van der Waals surface area contributed by atoms with Crippen LogP contribution < -0.4 is 5.32 Å². The highest BCUT2D eigenvalue weighted by Gasteiger charge is 2.36. The molecule has 1 saturated carbocycles. The molecule has 0 bridgehead atoms. The average molecular weight is 272 g/mol. The number of methoxy groups -OCH3 is 1. The molecule has 1 aliphatic carbocycles. The maximum atomic E-state index is 5.64. The molecule has 19 heavy (non-hydrogen) atoms. The van der Waals surface area contributed by atoms with Crippen molar-refractivity contribution in [1.82, 2.24) is 10.2 Å². The van der Waals surface area contributed by atoms with Crippen LogP contribution >= 0.6 is 0 Å². The van der Waals surface area contributed by atoms with Crippen molar-refractivity contribution in [3.63, 3.8) is 0 Å². The second-order valence-electron chi connectivity index (χ2n) is 5.36. The summed E-state index contributed by atoms with van der Waals surface area (Å²) in [5.41, 5.74) is 0. The summed E-state index contributed by atoms with van der Waals surface area (Å²) in [5.74, 6) is 0.935. The minimum absolute atomic E-state index is 0.654. The Morgan fingerprint density at radius 3 is 2.53 bits per heavy atom. The number of nitrogens with zero attached hydrogens (tertiary/aromatic N) is 1. The summed E-state index contributed by atoms with van der Waals surface area (Å²) >= 11 is 0. The van der Waals surface area contributed by atoms with Crippen molar-refractivity contribution in [2.24, 2.45) is 5.92 Å². The first-order chi connectivity index (χ1) is 9.42. The molecule has 5 heteroatoms. The minimum atomic E-state index is 0.654. The number of nitrogens with one attached hydrogen (secondary N) is 1. The zero-order chi connectivity index (χ0) is 13.3. The van der Waals surface area contributed by atoms with E-state index >= 15 is 0 Å². The molecular weight excluding hydrogens is 244 g/mol. The van der Waals surface area contributed by atoms with E-state index in [-0.39, 0.29) is 0 Å². The first-order valence-corrected chi connectivity index (χ1v) is 7.51. The highest BCUT2D eigenvalue weighted by molar-refractivity contribution is 4.92. The fourth-order valence-electron chi connectivity index (χ4n) is 2.64. The van der Waals surface area contributed by atoms with E-state index in [1.54, 1.807) is 7.11 Å². The summed E-state index contributed by atoms with van der Waals surface area (Å²) in [4.78, 5) is 2.60. The molecule has 0 aromatic rings. The van der Waals surface area contributed by atoms with Crippen molar-refractivity contribution in [2.45, 2.75) is 18.9 Å². The summed E-state index contributed by atoms with van der Waals surface area (Å²) in [7, 11) is 1.68. The first-order valence-electron chi connectivity index (χ1n) is 7.51. The predicted molar refractivity (Wildman–Crippen MR) is 74.5 cm³/mol. The standard InChI is InChI=1S/C14H28N2O3/c1-17-8-9-19-11-10-18-7-6-16-5-4-15-12-14(16)13-2-3-13/h13-15H,2-12H2,1H3. The van der Waals surface area contributed by atoms with E-state index in [2.05, 4.69) is 10.2 Å². The molecule has 0 aromatic heterocycles. The molecule has 2 rings (SSSR count). The van der Waals surface area contributed by atoms with Crippen molar-refractivity contribution < 1.29 is 14.2 Å². The summed E-state index contributed by atoms with van der Waals surface area (Å²) in [6.45, 7) is 7.97. The molecule has 2 fully saturated rings. The third-order valence-corrected chi connectivity index (χ3v) is 3.89. The molecule has 0 spiro atoms. The second-order valence-corrected chi connectivity index (χ2v) is 5.36. The van der Waals surface area contributed by atoms with Crippen molar-refractivity contribution >= 4 is 0 Å². The third kappa shape index (κ3) is 5.75. The Kier molecular flexibility index (Phi) is 7.09. The molecule has 1 unspecified atom stereocenters. The van der Waals surface area contributed by atoms with Gasteiger partial charge in [0.05, 0.1) is 33.0 Å². The van der Waals surface area contributed by atoms with Gasteiger partial charge in [-0.05, 0) is 18.8 Å². The van der Waals surface area contributed by atoms with Gasteiger partial charge in [0, 0.05) is 39.3 Å². The Bertz CT molecular complexity index is 237. The Morgan fingerprint density at radius 2 is 1.79 bits per heavy atom. The molecule has 0 radical (unpaired) electrons. The lowest BCUT2D eigenvalue weighted by molar-refractivity contribution is 0.0136. The van der Waals surface area contributed by atoms with Crippen LogP contribution in [-0.4, -0.2) is 77.3 Å². The lowest BCUT2D eigenvalue weighted by Gasteiger charge is -2.36. The summed E-state index contributed by atoms with van der Waals surface area (Å²) < 4.78 is 15.9. The highest BCUT2D eigenvalue weighted by atomic mass is 16.5. The lowest BCUT2D eigenvalue weighted by Crippen LogP contribution is -2.53. The Labute approximate surface area is 116 Å². The number of hydrogen-bond acceptors (Lipinski definition) is 5. The van der Waals surface area contributed by atoms with Crippen molar-refractivity contribution in [2.75, 3.05) is 66.3 Å². The molecule has 1 aliphatic heterocycles. The van der Waals surface area contributed by atoms with Crippen LogP contribution in [0.5, 0.6) is 0 Å². The van der Waals surface area contributed by atoms with Crippen LogP contribution in [0.3, 0.4) is 0 Å². The maximum Gasteiger partial charge on any atom is 0.0701 e. The van der Waals surface area contributed by atoms with E-state index < -0.39 is 0 Å². The van der Waals surface area contributed by atoms with Gasteiger partial charge in [0.1, 0.15) is 0 Å². The van der Waals surface area contributed by atoms with E-state index in [9.17, 15) is 0 Å². The lowest BCUT2D eigenvalue weighted by atomic mass is 10.1. The van der Waals surface area contributed by atoms with E-state index in [0.29, 0.717) is 26.4 Å². The highest BCUT2D eigenvalue weighted by Crippen LogP contribution is 2.35. The number of ether oxygens (including phenoxy) is 3. The van der Waals surface area contributed by atoms with Crippen LogP contribution in [-0.2, 0) is 14.2 Å². The fourth-order valence-corrected chi connectivity index (χ4v) is 2.64. The zero-order valence-corrected chi connectivity index (χ0v) is 12.1. The Hall–Kier alpha value is -0.200. The zero-order valence-electron chi connectivity index (χ0n) is 12.1. The summed E-state index contributed by atoms with van der Waals surface area (Å²) in [6, 6.07) is 0.746. The van der Waals surface area contributed by atoms with Gasteiger partial charge in [-0.15, -0.1) is 0 Å². The quantitative estimate of drug-likeness (QED) is 0.581. The second kappa shape index (κ2) is 8.87. The molecule has 0 aromatic carbocycles. The van der Waals surface area contributed by atoms with Gasteiger partial charge < -0.3 is 19.5 Å². The van der Waals surface area contributed by atoms with Crippen LogP contribution in [0.4, 0.5) is 0 Å². The van der Waals surface area contributed by atoms with Gasteiger partial charge in [-0.2, -0.15) is 0 Å². The summed E-state index contributed by atoms with van der Waals surface area (Å²) in [6.07, 6.45) is 2.83. The van der Waals surface area contributed by atoms with E-state index in [1.807, 2.05) is 0 Å². The van der Waals surface area contributed by atoms with Gasteiger partial charge in [-0.3, -0.25) is 4.90 Å². The van der Waals surface area contributed by atoms with Crippen molar-refractivity contribution in [3.05, 3.63) is 0 Å². The van der Waals surface area contributed by atoms with Gasteiger partial charge >= 0.3 is 0 Å². The molecule has 1 heterocycles. The van der Waals surface area contributed by atoms with Crippen LogP contribution in [0, 0.1) is 5.92 Å². The van der Waals surface area contributed by atoms with Gasteiger partial charge in [0.25, 0.3) is 0 Å². The smallest absolute Gasteiger partial charge is 0.0701 e. The van der Waals surface area contributed by atoms with Crippen LogP contribution in [0.25, 0.3) is 0 Å². The molecular formula is C14H28N2O3. The monoisotopic (exact) mass is 272 g/mol. The predicted octanol–water partition coefficient (Wildman–Crippen LogP) is 0.350. The molecule has 5 nitrogen and oxygen atoms in total. The Morgan fingerprint density at radius 1 is 1.05 bits per heavy atom. The SMILES string of the molecule is COCCOCCOCCN1CCNCC1C1CC1.